The van der Waals surface area contributed by atoms with Gasteiger partial charge < -0.3 is 14.9 Å². The van der Waals surface area contributed by atoms with Crippen LogP contribution in [-0.2, 0) is 0 Å². The van der Waals surface area contributed by atoms with E-state index < -0.39 is 0 Å². The van der Waals surface area contributed by atoms with Gasteiger partial charge in [0, 0.05) is 64.3 Å². The molecule has 128 valence electrons. The molecule has 23 heavy (non-hydrogen) atoms. The summed E-state index contributed by atoms with van der Waals surface area (Å²) in [5.41, 5.74) is 0. The van der Waals surface area contributed by atoms with E-state index >= 15 is 0 Å². The molecule has 2 aliphatic rings. The molecule has 0 unspecified atom stereocenters. The average molecular weight is 319 g/mol. The lowest BCUT2D eigenvalue weighted by Gasteiger charge is -2.46. The van der Waals surface area contributed by atoms with Gasteiger partial charge in [0.15, 0.2) is 0 Å². The van der Waals surface area contributed by atoms with Crippen LogP contribution in [-0.4, -0.2) is 83.8 Å². The number of hydrogen-bond donors (Lipinski definition) is 1. The van der Waals surface area contributed by atoms with Crippen molar-refractivity contribution < 1.29 is 5.11 Å². The lowest BCUT2D eigenvalue weighted by molar-refractivity contribution is 0.0636. The van der Waals surface area contributed by atoms with Gasteiger partial charge in [-0.3, -0.25) is 4.90 Å². The molecule has 0 aliphatic carbocycles. The molecular formula is C17H29N5O. The summed E-state index contributed by atoms with van der Waals surface area (Å²) in [5, 5.41) is 9.25. The number of piperidine rings is 1. The highest BCUT2D eigenvalue weighted by Crippen LogP contribution is 2.28. The Morgan fingerprint density at radius 1 is 1.13 bits per heavy atom. The second-order valence-corrected chi connectivity index (χ2v) is 6.82. The van der Waals surface area contributed by atoms with Crippen LogP contribution < -0.4 is 4.90 Å². The minimum absolute atomic E-state index is 0.286. The van der Waals surface area contributed by atoms with Crippen LogP contribution in [0.3, 0.4) is 0 Å². The van der Waals surface area contributed by atoms with E-state index in [9.17, 15) is 5.11 Å². The highest BCUT2D eigenvalue weighted by Gasteiger charge is 2.34. The van der Waals surface area contributed by atoms with Crippen molar-refractivity contribution in [2.45, 2.75) is 25.3 Å². The van der Waals surface area contributed by atoms with E-state index in [2.05, 4.69) is 31.7 Å². The third kappa shape index (κ3) is 4.19. The molecule has 2 aliphatic heterocycles. The van der Waals surface area contributed by atoms with E-state index in [1.807, 2.05) is 18.5 Å². The normalized spacial score (nSPS) is 27.3. The van der Waals surface area contributed by atoms with E-state index in [0.29, 0.717) is 12.0 Å². The third-order valence-electron chi connectivity index (χ3n) is 5.27. The van der Waals surface area contributed by atoms with Crippen LogP contribution in [0.1, 0.15) is 19.3 Å². The van der Waals surface area contributed by atoms with E-state index in [-0.39, 0.29) is 6.61 Å². The predicted molar refractivity (Wildman–Crippen MR) is 91.5 cm³/mol. The molecule has 6 nitrogen and oxygen atoms in total. The molecule has 0 radical (unpaired) electrons. The summed E-state index contributed by atoms with van der Waals surface area (Å²) in [6, 6.07) is 2.50. The topological polar surface area (TPSA) is 55.7 Å². The van der Waals surface area contributed by atoms with Crippen LogP contribution in [0.2, 0.25) is 0 Å². The Kier molecular flexibility index (Phi) is 5.80. The SMILES string of the molecule is CN1CCN([C@@H]2CCN(c3ncccn3)C[C@@H]2CCCO)CC1. The lowest BCUT2D eigenvalue weighted by atomic mass is 9.87. The number of nitrogens with zero attached hydrogens (tertiary/aromatic N) is 5. The van der Waals surface area contributed by atoms with Crippen molar-refractivity contribution in [1.29, 1.82) is 0 Å². The van der Waals surface area contributed by atoms with Crippen molar-refractivity contribution in [2.24, 2.45) is 5.92 Å². The number of anilines is 1. The Labute approximate surface area is 139 Å². The molecule has 0 amide bonds. The first-order valence-electron chi connectivity index (χ1n) is 8.83. The van der Waals surface area contributed by atoms with Crippen LogP contribution >= 0.6 is 0 Å². The van der Waals surface area contributed by atoms with E-state index in [1.54, 1.807) is 0 Å². The lowest BCUT2D eigenvalue weighted by Crippen LogP contribution is -2.56. The molecule has 2 saturated heterocycles. The van der Waals surface area contributed by atoms with Crippen molar-refractivity contribution in [3.8, 4) is 0 Å². The maximum Gasteiger partial charge on any atom is 0.225 e. The molecule has 1 N–H and O–H groups in total. The zero-order valence-electron chi connectivity index (χ0n) is 14.1. The molecule has 0 spiro atoms. The summed E-state index contributed by atoms with van der Waals surface area (Å²) >= 11 is 0. The molecule has 6 heteroatoms. The standard InChI is InChI=1S/C17H29N5O/c1-20-9-11-21(12-10-20)16-5-8-22(14-15(16)4-2-13-23)17-18-6-3-7-19-17/h3,6-7,15-16,23H,2,4-5,8-14H2,1H3/t15-,16+/m0/s1. The third-order valence-corrected chi connectivity index (χ3v) is 5.27. The predicted octanol–water partition coefficient (Wildman–Crippen LogP) is 0.691. The molecule has 3 heterocycles. The molecule has 0 saturated carbocycles. The number of hydrogen-bond acceptors (Lipinski definition) is 6. The quantitative estimate of drug-likeness (QED) is 0.862. The summed E-state index contributed by atoms with van der Waals surface area (Å²) in [5.74, 6) is 1.43. The number of piperazine rings is 1. The van der Waals surface area contributed by atoms with E-state index in [1.165, 1.54) is 13.1 Å². The first-order chi connectivity index (χ1) is 11.3. The number of rotatable bonds is 5. The maximum atomic E-state index is 9.25. The summed E-state index contributed by atoms with van der Waals surface area (Å²) in [7, 11) is 2.20. The van der Waals surface area contributed by atoms with Crippen LogP contribution in [0.25, 0.3) is 0 Å². The second-order valence-electron chi connectivity index (χ2n) is 6.82. The zero-order valence-corrected chi connectivity index (χ0v) is 14.1. The Morgan fingerprint density at radius 2 is 1.87 bits per heavy atom. The van der Waals surface area contributed by atoms with Crippen LogP contribution in [0.15, 0.2) is 18.5 Å². The largest absolute Gasteiger partial charge is 0.396 e. The Bertz CT molecular complexity index is 463. The van der Waals surface area contributed by atoms with Gasteiger partial charge >= 0.3 is 0 Å². The number of aromatic nitrogens is 2. The number of aliphatic hydroxyl groups excluding tert-OH is 1. The molecule has 3 rings (SSSR count). The van der Waals surface area contributed by atoms with Crippen molar-refractivity contribution in [1.82, 2.24) is 19.8 Å². The average Bonchev–Trinajstić information content (AvgIpc) is 2.61. The van der Waals surface area contributed by atoms with Gasteiger partial charge in [-0.05, 0) is 38.3 Å². The van der Waals surface area contributed by atoms with Gasteiger partial charge in [-0.15, -0.1) is 0 Å². The summed E-state index contributed by atoms with van der Waals surface area (Å²) in [4.78, 5) is 16.2. The Morgan fingerprint density at radius 3 is 2.57 bits per heavy atom. The van der Waals surface area contributed by atoms with Crippen LogP contribution in [0, 0.1) is 5.92 Å². The van der Waals surface area contributed by atoms with Crippen molar-refractivity contribution in [3.05, 3.63) is 18.5 Å². The Balaban J connectivity index is 1.66. The fourth-order valence-corrected chi connectivity index (χ4v) is 3.93. The molecule has 2 fully saturated rings. The van der Waals surface area contributed by atoms with Gasteiger partial charge in [-0.25, -0.2) is 9.97 Å². The zero-order chi connectivity index (χ0) is 16.1. The molecule has 1 aromatic heterocycles. The molecule has 0 aromatic carbocycles. The molecule has 2 atom stereocenters. The number of aliphatic hydroxyl groups is 1. The van der Waals surface area contributed by atoms with Gasteiger partial charge in [-0.1, -0.05) is 0 Å². The second kappa shape index (κ2) is 8.04. The van der Waals surface area contributed by atoms with Gasteiger partial charge in [0.1, 0.15) is 0 Å². The fraction of sp³-hybridized carbons (Fsp3) is 0.765. The smallest absolute Gasteiger partial charge is 0.225 e. The minimum atomic E-state index is 0.286. The minimum Gasteiger partial charge on any atom is -0.396 e. The van der Waals surface area contributed by atoms with Gasteiger partial charge in [0.05, 0.1) is 0 Å². The van der Waals surface area contributed by atoms with Crippen LogP contribution in [0.4, 0.5) is 5.95 Å². The van der Waals surface area contributed by atoms with E-state index in [0.717, 1.165) is 51.4 Å². The monoisotopic (exact) mass is 319 g/mol. The fourth-order valence-electron chi connectivity index (χ4n) is 3.93. The Hall–Kier alpha value is -1.24. The van der Waals surface area contributed by atoms with Gasteiger partial charge in [-0.2, -0.15) is 0 Å². The highest BCUT2D eigenvalue weighted by atomic mass is 16.2. The maximum absolute atomic E-state index is 9.25. The van der Waals surface area contributed by atoms with Crippen molar-refractivity contribution >= 4 is 5.95 Å². The molecular weight excluding hydrogens is 290 g/mol. The van der Waals surface area contributed by atoms with Crippen LogP contribution in [0.5, 0.6) is 0 Å². The summed E-state index contributed by atoms with van der Waals surface area (Å²) in [6.07, 6.45) is 6.77. The summed E-state index contributed by atoms with van der Waals surface area (Å²) in [6.45, 7) is 6.96. The first-order valence-corrected chi connectivity index (χ1v) is 8.83. The molecule has 1 aromatic rings. The van der Waals surface area contributed by atoms with Crippen molar-refractivity contribution in [3.63, 3.8) is 0 Å². The number of likely N-dealkylation sites (N-methyl/N-ethyl adjacent to an activating group) is 1. The van der Waals surface area contributed by atoms with E-state index in [4.69, 9.17) is 0 Å². The van der Waals surface area contributed by atoms with Gasteiger partial charge in [0.25, 0.3) is 0 Å². The van der Waals surface area contributed by atoms with Gasteiger partial charge in [0.2, 0.25) is 5.95 Å². The van der Waals surface area contributed by atoms with Crippen molar-refractivity contribution in [2.75, 3.05) is 57.8 Å². The summed E-state index contributed by atoms with van der Waals surface area (Å²) < 4.78 is 0. The highest BCUT2D eigenvalue weighted by molar-refractivity contribution is 5.29. The first kappa shape index (κ1) is 16.6. The molecule has 0 bridgehead atoms.